The number of hydrogen-bond acceptors (Lipinski definition) is 4. The van der Waals surface area contributed by atoms with Crippen molar-refractivity contribution < 1.29 is 19.2 Å². The fourth-order valence-electron chi connectivity index (χ4n) is 2.59. The Morgan fingerprint density at radius 1 is 1.19 bits per heavy atom. The van der Waals surface area contributed by atoms with Crippen molar-refractivity contribution >= 4 is 11.8 Å². The lowest BCUT2D eigenvalue weighted by molar-refractivity contribution is -0.202. The molecule has 0 N–H and O–H groups in total. The highest BCUT2D eigenvalue weighted by Crippen LogP contribution is 2.45. The number of hydroxylamine groups is 2. The van der Waals surface area contributed by atoms with Gasteiger partial charge in [0.1, 0.15) is 0 Å². The molecule has 2 saturated heterocycles. The Labute approximate surface area is 92.9 Å². The quantitative estimate of drug-likeness (QED) is 0.498. The number of imide groups is 1. The van der Waals surface area contributed by atoms with Gasteiger partial charge in [0.05, 0.1) is 30.1 Å². The zero-order valence-corrected chi connectivity index (χ0v) is 9.12. The lowest BCUT2D eigenvalue weighted by Gasteiger charge is -2.18. The first-order valence-corrected chi connectivity index (χ1v) is 5.48. The summed E-state index contributed by atoms with van der Waals surface area (Å²) in [6.45, 7) is 3.58. The summed E-state index contributed by atoms with van der Waals surface area (Å²) in [4.78, 5) is 29.2. The Morgan fingerprint density at radius 3 is 2.12 bits per heavy atom. The van der Waals surface area contributed by atoms with Crippen LogP contribution in [0.25, 0.3) is 0 Å². The number of nitrogens with zero attached hydrogens (tertiary/aromatic N) is 1. The molecule has 2 fully saturated rings. The van der Waals surface area contributed by atoms with E-state index in [1.165, 1.54) is 0 Å². The Balaban J connectivity index is 1.89. The molecular formula is C11H13NO4. The van der Waals surface area contributed by atoms with Gasteiger partial charge in [-0.3, -0.25) is 14.4 Å². The molecule has 3 aliphatic heterocycles. The van der Waals surface area contributed by atoms with Crippen molar-refractivity contribution in [2.75, 3.05) is 0 Å². The maximum absolute atomic E-state index is 12.0. The molecule has 3 heterocycles. The van der Waals surface area contributed by atoms with Crippen LogP contribution in [0.4, 0.5) is 0 Å². The summed E-state index contributed by atoms with van der Waals surface area (Å²) in [6.07, 6.45) is 3.05. The minimum atomic E-state index is -0.374. The Morgan fingerprint density at radius 2 is 1.69 bits per heavy atom. The first kappa shape index (κ1) is 9.99. The van der Waals surface area contributed by atoms with Crippen molar-refractivity contribution in [3.05, 3.63) is 12.2 Å². The zero-order valence-electron chi connectivity index (χ0n) is 9.12. The van der Waals surface area contributed by atoms with E-state index in [0.717, 1.165) is 5.06 Å². The van der Waals surface area contributed by atoms with Gasteiger partial charge >= 0.3 is 0 Å². The standard InChI is InChI=1S/C11H13NO4/c1-5(2)16-12-10(13)8-6-3-4-7(15-6)9(8)11(12)14/h3-9H,1-2H3/t6-,7-,8-,9-/m0/s1. The van der Waals surface area contributed by atoms with E-state index < -0.39 is 0 Å². The summed E-state index contributed by atoms with van der Waals surface area (Å²) in [5.74, 6) is -1.27. The summed E-state index contributed by atoms with van der Waals surface area (Å²) in [7, 11) is 0. The molecule has 2 amide bonds. The van der Waals surface area contributed by atoms with Crippen molar-refractivity contribution in [2.24, 2.45) is 11.8 Å². The van der Waals surface area contributed by atoms with Crippen LogP contribution in [0.5, 0.6) is 0 Å². The maximum atomic E-state index is 12.0. The van der Waals surface area contributed by atoms with E-state index in [1.807, 2.05) is 12.2 Å². The molecule has 0 unspecified atom stereocenters. The average Bonchev–Trinajstić information content (AvgIpc) is 2.87. The topological polar surface area (TPSA) is 55.8 Å². The van der Waals surface area contributed by atoms with Gasteiger partial charge in [0.15, 0.2) is 0 Å². The molecule has 16 heavy (non-hydrogen) atoms. The van der Waals surface area contributed by atoms with E-state index >= 15 is 0 Å². The minimum absolute atomic E-state index is 0.182. The van der Waals surface area contributed by atoms with E-state index in [1.54, 1.807) is 13.8 Å². The number of carbonyl (C=O) groups is 2. The number of carbonyl (C=O) groups excluding carboxylic acids is 2. The molecule has 0 radical (unpaired) electrons. The van der Waals surface area contributed by atoms with Crippen LogP contribution in [-0.2, 0) is 19.2 Å². The highest BCUT2D eigenvalue weighted by Gasteiger charge is 2.61. The van der Waals surface area contributed by atoms with Crippen LogP contribution < -0.4 is 0 Å². The molecule has 5 nitrogen and oxygen atoms in total. The van der Waals surface area contributed by atoms with Gasteiger partial charge in [0.2, 0.25) is 0 Å². The first-order chi connectivity index (χ1) is 7.59. The maximum Gasteiger partial charge on any atom is 0.260 e. The molecule has 2 bridgehead atoms. The summed E-state index contributed by atoms with van der Waals surface area (Å²) >= 11 is 0. The normalized spacial score (nSPS) is 40.3. The van der Waals surface area contributed by atoms with Gasteiger partial charge in [0, 0.05) is 0 Å². The SMILES string of the molecule is CC(C)ON1C(=O)[C@@H]2[C@@H](C1=O)[C@@H]1C=C[C@@H]2O1. The predicted molar refractivity (Wildman–Crippen MR) is 52.9 cm³/mol. The van der Waals surface area contributed by atoms with Crippen molar-refractivity contribution in [1.29, 1.82) is 0 Å². The molecule has 5 heteroatoms. The van der Waals surface area contributed by atoms with Crippen molar-refractivity contribution in [3.63, 3.8) is 0 Å². The van der Waals surface area contributed by atoms with Crippen LogP contribution in [0.1, 0.15) is 13.8 Å². The van der Waals surface area contributed by atoms with Crippen molar-refractivity contribution in [1.82, 2.24) is 5.06 Å². The van der Waals surface area contributed by atoms with Crippen molar-refractivity contribution in [2.45, 2.75) is 32.2 Å². The second-order valence-electron chi connectivity index (χ2n) is 4.63. The van der Waals surface area contributed by atoms with E-state index in [0.29, 0.717) is 0 Å². The van der Waals surface area contributed by atoms with Gasteiger partial charge < -0.3 is 4.74 Å². The lowest BCUT2D eigenvalue weighted by Crippen LogP contribution is -2.36. The van der Waals surface area contributed by atoms with Gasteiger partial charge in [-0.2, -0.15) is 5.06 Å². The summed E-state index contributed by atoms with van der Waals surface area (Å²) < 4.78 is 5.50. The van der Waals surface area contributed by atoms with E-state index in [-0.39, 0.29) is 42.0 Å². The van der Waals surface area contributed by atoms with E-state index in [2.05, 4.69) is 0 Å². The Hall–Kier alpha value is -1.20. The predicted octanol–water partition coefficient (Wildman–Crippen LogP) is 0.265. The average molecular weight is 223 g/mol. The third-order valence-electron chi connectivity index (χ3n) is 3.19. The largest absolute Gasteiger partial charge is 0.365 e. The van der Waals surface area contributed by atoms with Crippen LogP contribution in [0, 0.1) is 11.8 Å². The van der Waals surface area contributed by atoms with Crippen molar-refractivity contribution in [3.8, 4) is 0 Å². The highest BCUT2D eigenvalue weighted by molar-refractivity contribution is 6.05. The monoisotopic (exact) mass is 223 g/mol. The highest BCUT2D eigenvalue weighted by atomic mass is 16.7. The fraction of sp³-hybridized carbons (Fsp3) is 0.636. The Kier molecular flexibility index (Phi) is 1.96. The summed E-state index contributed by atoms with van der Waals surface area (Å²) in [6, 6.07) is 0. The van der Waals surface area contributed by atoms with Gasteiger partial charge in [-0.15, -0.1) is 0 Å². The number of hydrogen-bond donors (Lipinski definition) is 0. The van der Waals surface area contributed by atoms with Gasteiger partial charge in [-0.05, 0) is 13.8 Å². The van der Waals surface area contributed by atoms with E-state index in [9.17, 15) is 9.59 Å². The van der Waals surface area contributed by atoms with Crippen LogP contribution >= 0.6 is 0 Å². The van der Waals surface area contributed by atoms with Gasteiger partial charge in [0.25, 0.3) is 11.8 Å². The summed E-state index contributed by atoms with van der Waals surface area (Å²) in [5, 5.41) is 0.926. The molecular weight excluding hydrogens is 210 g/mol. The fourth-order valence-corrected chi connectivity index (χ4v) is 2.59. The number of ether oxygens (including phenoxy) is 1. The molecule has 0 aromatic heterocycles. The molecule has 3 rings (SSSR count). The van der Waals surface area contributed by atoms with Crippen LogP contribution in [0.2, 0.25) is 0 Å². The second kappa shape index (κ2) is 3.15. The minimum Gasteiger partial charge on any atom is -0.365 e. The molecule has 0 aliphatic carbocycles. The second-order valence-corrected chi connectivity index (χ2v) is 4.63. The van der Waals surface area contributed by atoms with Gasteiger partial charge in [-0.25, -0.2) is 0 Å². The van der Waals surface area contributed by atoms with Crippen LogP contribution in [0.15, 0.2) is 12.2 Å². The number of rotatable bonds is 2. The van der Waals surface area contributed by atoms with Gasteiger partial charge in [-0.1, -0.05) is 12.2 Å². The van der Waals surface area contributed by atoms with Crippen LogP contribution in [0.3, 0.4) is 0 Å². The third kappa shape index (κ3) is 1.13. The molecule has 3 aliphatic rings. The molecule has 0 aromatic carbocycles. The third-order valence-corrected chi connectivity index (χ3v) is 3.19. The number of fused-ring (bicyclic) bond motifs is 5. The Bertz CT molecular complexity index is 359. The molecule has 0 aromatic rings. The smallest absolute Gasteiger partial charge is 0.260 e. The molecule has 4 atom stereocenters. The zero-order chi connectivity index (χ0) is 11.4. The molecule has 0 saturated carbocycles. The number of amides is 2. The molecule has 0 spiro atoms. The summed E-state index contributed by atoms with van der Waals surface area (Å²) in [5.41, 5.74) is 0. The lowest BCUT2D eigenvalue weighted by atomic mass is 9.85. The molecule has 86 valence electrons. The van der Waals surface area contributed by atoms with E-state index in [4.69, 9.17) is 9.57 Å². The van der Waals surface area contributed by atoms with Crippen LogP contribution in [-0.4, -0.2) is 35.2 Å². The first-order valence-electron chi connectivity index (χ1n) is 5.48.